The van der Waals surface area contributed by atoms with Crippen LogP contribution in [0.2, 0.25) is 0 Å². The van der Waals surface area contributed by atoms with Crippen LogP contribution in [0.4, 0.5) is 5.69 Å². The third-order valence-electron chi connectivity index (χ3n) is 6.17. The molecule has 1 aliphatic heterocycles. The first-order valence-corrected chi connectivity index (χ1v) is 12.0. The fourth-order valence-corrected chi connectivity index (χ4v) is 4.79. The monoisotopic (exact) mass is 484 g/mol. The molecule has 1 saturated heterocycles. The Morgan fingerprint density at radius 3 is 2.37 bits per heavy atom. The van der Waals surface area contributed by atoms with Crippen LogP contribution in [-0.2, 0) is 11.3 Å². The van der Waals surface area contributed by atoms with Crippen LogP contribution in [0.15, 0.2) is 91.3 Å². The fraction of sp³-hybridized carbons (Fsp3) is 0.214. The lowest BCUT2D eigenvalue weighted by molar-refractivity contribution is 0.186. The van der Waals surface area contributed by atoms with E-state index in [0.29, 0.717) is 11.7 Å². The van der Waals surface area contributed by atoms with Gasteiger partial charge in [-0.15, -0.1) is 0 Å². The summed E-state index contributed by atoms with van der Waals surface area (Å²) in [5.74, 6) is 1.59. The number of pyridine rings is 1. The van der Waals surface area contributed by atoms with E-state index in [4.69, 9.17) is 21.7 Å². The summed E-state index contributed by atoms with van der Waals surface area (Å²) in [6, 6.07) is 26.1. The van der Waals surface area contributed by atoms with Crippen molar-refractivity contribution in [2.45, 2.75) is 25.6 Å². The van der Waals surface area contributed by atoms with Crippen LogP contribution in [0.3, 0.4) is 0 Å². The van der Waals surface area contributed by atoms with E-state index >= 15 is 0 Å². The maximum absolute atomic E-state index is 6.04. The van der Waals surface area contributed by atoms with Gasteiger partial charge in [-0.05, 0) is 79.8 Å². The lowest BCUT2D eigenvalue weighted by Gasteiger charge is -2.29. The predicted molar refractivity (Wildman–Crippen MR) is 142 cm³/mol. The highest BCUT2D eigenvalue weighted by Gasteiger charge is 2.42. The van der Waals surface area contributed by atoms with Gasteiger partial charge >= 0.3 is 0 Å². The molecule has 3 heterocycles. The topological polar surface area (TPSA) is 51.5 Å². The Kier molecular flexibility index (Phi) is 6.79. The average Bonchev–Trinajstić information content (AvgIpc) is 3.49. The van der Waals surface area contributed by atoms with Crippen LogP contribution in [0, 0.1) is 6.92 Å². The van der Waals surface area contributed by atoms with Gasteiger partial charge < -0.3 is 24.3 Å². The van der Waals surface area contributed by atoms with Gasteiger partial charge in [-0.2, -0.15) is 0 Å². The van der Waals surface area contributed by atoms with Crippen LogP contribution >= 0.6 is 12.2 Å². The molecule has 35 heavy (non-hydrogen) atoms. The highest BCUT2D eigenvalue weighted by molar-refractivity contribution is 7.80. The molecule has 0 aliphatic carbocycles. The fourth-order valence-electron chi connectivity index (χ4n) is 4.44. The molecule has 5 rings (SSSR count). The first kappa shape index (κ1) is 23.1. The summed E-state index contributed by atoms with van der Waals surface area (Å²) in [4.78, 5) is 6.81. The Labute approximate surface area is 211 Å². The number of thiocarbonyl (C=S) groups is 1. The van der Waals surface area contributed by atoms with Crippen LogP contribution in [0.5, 0.6) is 11.5 Å². The second-order valence-corrected chi connectivity index (χ2v) is 8.91. The molecule has 4 aromatic rings. The predicted octanol–water partition coefficient (Wildman–Crippen LogP) is 5.81. The van der Waals surface area contributed by atoms with Crippen molar-refractivity contribution in [2.24, 2.45) is 0 Å². The van der Waals surface area contributed by atoms with E-state index in [9.17, 15) is 0 Å². The number of methoxy groups -OCH3 is 1. The lowest BCUT2D eigenvalue weighted by Crippen LogP contribution is -2.30. The Morgan fingerprint density at radius 1 is 0.943 bits per heavy atom. The van der Waals surface area contributed by atoms with E-state index in [1.165, 1.54) is 5.56 Å². The summed E-state index contributed by atoms with van der Waals surface area (Å²) in [6.45, 7) is 3.45. The van der Waals surface area contributed by atoms with Crippen molar-refractivity contribution >= 4 is 23.0 Å². The van der Waals surface area contributed by atoms with Crippen LogP contribution < -0.4 is 15.0 Å². The zero-order valence-corrected chi connectivity index (χ0v) is 20.6. The molecule has 1 N–H and O–H groups in total. The number of nitrogens with zero attached hydrogens (tertiary/aromatic N) is 3. The van der Waals surface area contributed by atoms with Crippen molar-refractivity contribution in [2.75, 3.05) is 18.6 Å². The van der Waals surface area contributed by atoms with Crippen molar-refractivity contribution in [1.29, 1.82) is 0 Å². The minimum Gasteiger partial charge on any atom is -0.457 e. The van der Waals surface area contributed by atoms with E-state index < -0.39 is 0 Å². The molecule has 2 aromatic carbocycles. The number of ether oxygens (including phenoxy) is 2. The quantitative estimate of drug-likeness (QED) is 0.319. The summed E-state index contributed by atoms with van der Waals surface area (Å²) in [5.41, 5.74) is 4.28. The number of hydrogen-bond acceptors (Lipinski definition) is 4. The number of aromatic nitrogens is 2. The lowest BCUT2D eigenvalue weighted by atomic mass is 10.0. The summed E-state index contributed by atoms with van der Waals surface area (Å²) in [6.07, 6.45) is 3.91. The van der Waals surface area contributed by atoms with Gasteiger partial charge in [0, 0.05) is 37.4 Å². The number of nitrogens with one attached hydrogen (secondary N) is 1. The third kappa shape index (κ3) is 4.92. The van der Waals surface area contributed by atoms with E-state index in [1.807, 2.05) is 72.9 Å². The Balaban J connectivity index is 1.48. The van der Waals surface area contributed by atoms with Gasteiger partial charge in [-0.3, -0.25) is 4.98 Å². The molecular formula is C28H28N4O2S. The van der Waals surface area contributed by atoms with Crippen molar-refractivity contribution in [3.63, 3.8) is 0 Å². The van der Waals surface area contributed by atoms with Gasteiger partial charge in [0.2, 0.25) is 0 Å². The number of anilines is 1. The summed E-state index contributed by atoms with van der Waals surface area (Å²) in [7, 11) is 1.72. The van der Waals surface area contributed by atoms with E-state index in [1.54, 1.807) is 7.11 Å². The van der Waals surface area contributed by atoms with Gasteiger partial charge in [-0.1, -0.05) is 23.8 Å². The Bertz CT molecular complexity index is 1270. The minimum atomic E-state index is -0.0941. The molecule has 7 heteroatoms. The SMILES string of the molecule is COCCn1cccc1[C@@H]1[C@@H](c2ccccn2)NC(=S)N1c1ccc(Oc2ccc(C)cc2)cc1. The summed E-state index contributed by atoms with van der Waals surface area (Å²) >= 11 is 5.85. The zero-order chi connectivity index (χ0) is 24.2. The first-order valence-electron chi connectivity index (χ1n) is 11.6. The standard InChI is InChI=1S/C28H28N4O2S/c1-20-8-12-22(13-9-20)34-23-14-10-21(11-15-23)32-27(25-7-5-17-31(25)18-19-33-2)26(30-28(32)35)24-6-3-4-16-29-24/h3-17,26-27H,18-19H2,1-2H3,(H,30,35)/t26-,27-/m1/s1. The number of rotatable bonds is 8. The first-order chi connectivity index (χ1) is 17.1. The highest BCUT2D eigenvalue weighted by Crippen LogP contribution is 2.42. The molecule has 1 fully saturated rings. The van der Waals surface area contributed by atoms with Gasteiger partial charge in [-0.25, -0.2) is 0 Å². The molecule has 2 aromatic heterocycles. The smallest absolute Gasteiger partial charge is 0.174 e. The van der Waals surface area contributed by atoms with Crippen molar-refractivity contribution in [3.05, 3.63) is 108 Å². The van der Waals surface area contributed by atoms with Crippen molar-refractivity contribution < 1.29 is 9.47 Å². The normalized spacial score (nSPS) is 17.4. The number of hydrogen-bond donors (Lipinski definition) is 1. The molecule has 2 atom stereocenters. The summed E-state index contributed by atoms with van der Waals surface area (Å²) in [5, 5.41) is 4.18. The third-order valence-corrected chi connectivity index (χ3v) is 6.49. The molecule has 0 amide bonds. The summed E-state index contributed by atoms with van der Waals surface area (Å²) < 4.78 is 13.6. The highest BCUT2D eigenvalue weighted by atomic mass is 32.1. The van der Waals surface area contributed by atoms with E-state index in [-0.39, 0.29) is 12.1 Å². The molecule has 6 nitrogen and oxygen atoms in total. The molecule has 0 unspecified atom stereocenters. The van der Waals surface area contributed by atoms with E-state index in [2.05, 4.69) is 45.0 Å². The van der Waals surface area contributed by atoms with Crippen molar-refractivity contribution in [1.82, 2.24) is 14.9 Å². The number of benzene rings is 2. The zero-order valence-electron chi connectivity index (χ0n) is 19.8. The molecule has 178 valence electrons. The molecule has 1 aliphatic rings. The van der Waals surface area contributed by atoms with Gasteiger partial charge in [0.25, 0.3) is 0 Å². The second-order valence-electron chi connectivity index (χ2n) is 8.52. The van der Waals surface area contributed by atoms with Gasteiger partial charge in [0.1, 0.15) is 17.5 Å². The van der Waals surface area contributed by atoms with Gasteiger partial charge in [0.15, 0.2) is 5.11 Å². The molecular weight excluding hydrogens is 456 g/mol. The number of aryl methyl sites for hydroxylation is 1. The average molecular weight is 485 g/mol. The van der Waals surface area contributed by atoms with Crippen LogP contribution in [0.1, 0.15) is 29.0 Å². The molecule has 0 saturated carbocycles. The Morgan fingerprint density at radius 2 is 1.69 bits per heavy atom. The second kappa shape index (κ2) is 10.3. The van der Waals surface area contributed by atoms with Crippen LogP contribution in [-0.4, -0.2) is 28.4 Å². The van der Waals surface area contributed by atoms with Gasteiger partial charge in [0.05, 0.1) is 18.3 Å². The Hall–Kier alpha value is -3.68. The van der Waals surface area contributed by atoms with E-state index in [0.717, 1.165) is 35.1 Å². The maximum atomic E-state index is 6.04. The largest absolute Gasteiger partial charge is 0.457 e. The maximum Gasteiger partial charge on any atom is 0.174 e. The molecule has 0 bridgehead atoms. The molecule has 0 spiro atoms. The molecule has 0 radical (unpaired) electrons. The van der Waals surface area contributed by atoms with Crippen LogP contribution in [0.25, 0.3) is 0 Å². The minimum absolute atomic E-state index is 0.0758. The van der Waals surface area contributed by atoms with Crippen molar-refractivity contribution in [3.8, 4) is 11.5 Å².